The number of nitrogens with one attached hydrogen (secondary N) is 2. The molecule has 6 nitrogen and oxygen atoms in total. The molecule has 0 spiro atoms. The van der Waals surface area contributed by atoms with Crippen molar-refractivity contribution in [2.45, 2.75) is 40.3 Å². The van der Waals surface area contributed by atoms with Crippen LogP contribution in [0.25, 0.3) is 0 Å². The highest BCUT2D eigenvalue weighted by molar-refractivity contribution is 14.0. The summed E-state index contributed by atoms with van der Waals surface area (Å²) in [6.07, 6.45) is 0.979. The summed E-state index contributed by atoms with van der Waals surface area (Å²) in [7, 11) is 2.15. The zero-order valence-corrected chi connectivity index (χ0v) is 19.9. The Morgan fingerprint density at radius 3 is 2.57 bits per heavy atom. The first-order chi connectivity index (χ1) is 13.1. The van der Waals surface area contributed by atoms with Crippen molar-refractivity contribution in [2.24, 2.45) is 4.99 Å². The molecule has 0 aliphatic rings. The molecule has 0 saturated heterocycles. The van der Waals surface area contributed by atoms with Gasteiger partial charge in [0, 0.05) is 45.0 Å². The van der Waals surface area contributed by atoms with E-state index in [0.717, 1.165) is 57.3 Å². The number of likely N-dealkylation sites (N-methyl/N-ethyl adjacent to an activating group) is 1. The molecule has 7 heteroatoms. The van der Waals surface area contributed by atoms with E-state index in [2.05, 4.69) is 87.6 Å². The highest BCUT2D eigenvalue weighted by Gasteiger charge is 2.03. The van der Waals surface area contributed by atoms with Crippen molar-refractivity contribution in [3.8, 4) is 0 Å². The van der Waals surface area contributed by atoms with E-state index in [9.17, 15) is 0 Å². The molecule has 0 unspecified atom stereocenters. The Morgan fingerprint density at radius 2 is 1.93 bits per heavy atom. The lowest BCUT2D eigenvalue weighted by molar-refractivity contribution is 0.331. The van der Waals surface area contributed by atoms with Crippen molar-refractivity contribution in [3.05, 3.63) is 53.3 Å². The number of aliphatic imine (C=N–C) groups is 1. The molecular formula is C21H35IN6. The summed E-state index contributed by atoms with van der Waals surface area (Å²) in [6.45, 7) is 11.6. The van der Waals surface area contributed by atoms with Crippen molar-refractivity contribution < 1.29 is 0 Å². The normalized spacial score (nSPS) is 11.4. The number of halogens is 1. The van der Waals surface area contributed by atoms with Crippen LogP contribution in [0.2, 0.25) is 0 Å². The third kappa shape index (κ3) is 9.05. The first-order valence-electron chi connectivity index (χ1n) is 9.84. The molecule has 2 N–H and O–H groups in total. The topological polar surface area (TPSA) is 57.5 Å². The number of hydrogen-bond donors (Lipinski definition) is 2. The van der Waals surface area contributed by atoms with Gasteiger partial charge in [-0.15, -0.1) is 24.0 Å². The van der Waals surface area contributed by atoms with Gasteiger partial charge in [-0.05, 0) is 45.9 Å². The molecule has 0 saturated carbocycles. The maximum absolute atomic E-state index is 4.68. The number of aryl methyl sites for hydroxylation is 3. The van der Waals surface area contributed by atoms with Crippen molar-refractivity contribution in [2.75, 3.05) is 33.2 Å². The van der Waals surface area contributed by atoms with Gasteiger partial charge in [-0.1, -0.05) is 30.3 Å². The van der Waals surface area contributed by atoms with Crippen LogP contribution in [-0.4, -0.2) is 53.9 Å². The molecule has 1 heterocycles. The average Bonchev–Trinajstić information content (AvgIpc) is 2.96. The van der Waals surface area contributed by atoms with E-state index >= 15 is 0 Å². The van der Waals surface area contributed by atoms with Gasteiger partial charge in [-0.25, -0.2) is 0 Å². The number of rotatable bonds is 10. The summed E-state index contributed by atoms with van der Waals surface area (Å²) in [5, 5.41) is 11.2. The van der Waals surface area contributed by atoms with E-state index in [4.69, 9.17) is 0 Å². The molecular weight excluding hydrogens is 463 g/mol. The van der Waals surface area contributed by atoms with Gasteiger partial charge in [0.25, 0.3) is 0 Å². The monoisotopic (exact) mass is 498 g/mol. The zero-order valence-electron chi connectivity index (χ0n) is 17.6. The quantitative estimate of drug-likeness (QED) is 0.229. The summed E-state index contributed by atoms with van der Waals surface area (Å²) in [4.78, 5) is 6.99. The number of benzene rings is 1. The second-order valence-electron chi connectivity index (χ2n) is 6.91. The van der Waals surface area contributed by atoms with E-state index in [1.807, 2.05) is 6.92 Å². The Balaban J connectivity index is 0.00000392. The lowest BCUT2D eigenvalue weighted by Crippen LogP contribution is -2.41. The third-order valence-corrected chi connectivity index (χ3v) is 4.33. The van der Waals surface area contributed by atoms with Crippen LogP contribution < -0.4 is 10.6 Å². The van der Waals surface area contributed by atoms with Crippen molar-refractivity contribution in [1.29, 1.82) is 0 Å². The Bertz CT molecular complexity index is 698. The zero-order chi connectivity index (χ0) is 19.5. The van der Waals surface area contributed by atoms with Crippen LogP contribution in [0.3, 0.4) is 0 Å². The fourth-order valence-electron chi connectivity index (χ4n) is 2.99. The van der Waals surface area contributed by atoms with Gasteiger partial charge in [-0.3, -0.25) is 9.67 Å². The van der Waals surface area contributed by atoms with Crippen LogP contribution >= 0.6 is 24.0 Å². The summed E-state index contributed by atoms with van der Waals surface area (Å²) in [5.74, 6) is 0.888. The van der Waals surface area contributed by atoms with Gasteiger partial charge in [0.1, 0.15) is 0 Å². The number of guanidine groups is 1. The fourth-order valence-corrected chi connectivity index (χ4v) is 2.99. The van der Waals surface area contributed by atoms with E-state index < -0.39 is 0 Å². The van der Waals surface area contributed by atoms with Gasteiger partial charge >= 0.3 is 0 Å². The lowest BCUT2D eigenvalue weighted by atomic mass is 10.2. The third-order valence-electron chi connectivity index (χ3n) is 4.33. The van der Waals surface area contributed by atoms with E-state index in [1.54, 1.807) is 0 Å². The smallest absolute Gasteiger partial charge is 0.191 e. The van der Waals surface area contributed by atoms with Crippen LogP contribution in [-0.2, 0) is 13.1 Å². The minimum Gasteiger partial charge on any atom is -0.357 e. The SMILES string of the molecule is CCNC(=NCCCn1nc(C)cc1C)NCCN(C)Cc1ccccc1.I. The van der Waals surface area contributed by atoms with Crippen LogP contribution in [0.1, 0.15) is 30.3 Å². The molecule has 28 heavy (non-hydrogen) atoms. The number of hydrogen-bond acceptors (Lipinski definition) is 3. The van der Waals surface area contributed by atoms with Gasteiger partial charge in [0.15, 0.2) is 5.96 Å². The Hall–Kier alpha value is -1.61. The average molecular weight is 498 g/mol. The predicted octanol–water partition coefficient (Wildman–Crippen LogP) is 3.20. The summed E-state index contributed by atoms with van der Waals surface area (Å²) >= 11 is 0. The van der Waals surface area contributed by atoms with E-state index in [0.29, 0.717) is 0 Å². The maximum atomic E-state index is 4.68. The number of nitrogens with zero attached hydrogens (tertiary/aromatic N) is 4. The van der Waals surface area contributed by atoms with Gasteiger partial charge in [0.05, 0.1) is 5.69 Å². The second-order valence-corrected chi connectivity index (χ2v) is 6.91. The largest absolute Gasteiger partial charge is 0.357 e. The summed E-state index contributed by atoms with van der Waals surface area (Å²) in [5.41, 5.74) is 3.62. The minimum atomic E-state index is 0. The maximum Gasteiger partial charge on any atom is 0.191 e. The highest BCUT2D eigenvalue weighted by atomic mass is 127. The van der Waals surface area contributed by atoms with Crippen LogP contribution in [0, 0.1) is 13.8 Å². The highest BCUT2D eigenvalue weighted by Crippen LogP contribution is 2.03. The first-order valence-corrected chi connectivity index (χ1v) is 9.84. The molecule has 0 amide bonds. The molecule has 0 aliphatic heterocycles. The molecule has 156 valence electrons. The molecule has 1 aromatic carbocycles. The van der Waals surface area contributed by atoms with E-state index in [-0.39, 0.29) is 24.0 Å². The Morgan fingerprint density at radius 1 is 1.18 bits per heavy atom. The molecule has 2 aromatic rings. The Kier molecular flexibility index (Phi) is 11.8. The molecule has 0 bridgehead atoms. The van der Waals surface area contributed by atoms with E-state index in [1.165, 1.54) is 11.3 Å². The standard InChI is InChI=1S/C21H34N6.HI/c1-5-22-21(23-12-9-14-27-19(3)16-18(2)25-27)24-13-15-26(4)17-20-10-7-6-8-11-20;/h6-8,10-11,16H,5,9,12-15,17H2,1-4H3,(H2,22,23,24);1H. The molecule has 2 rings (SSSR count). The second kappa shape index (κ2) is 13.5. The van der Waals surface area contributed by atoms with Crippen molar-refractivity contribution in [3.63, 3.8) is 0 Å². The van der Waals surface area contributed by atoms with Crippen LogP contribution in [0.15, 0.2) is 41.4 Å². The molecule has 1 aromatic heterocycles. The first kappa shape index (κ1) is 24.4. The van der Waals surface area contributed by atoms with Crippen molar-refractivity contribution >= 4 is 29.9 Å². The van der Waals surface area contributed by atoms with Gasteiger partial charge in [0.2, 0.25) is 0 Å². The lowest BCUT2D eigenvalue weighted by Gasteiger charge is -2.18. The van der Waals surface area contributed by atoms with Gasteiger partial charge < -0.3 is 15.5 Å². The predicted molar refractivity (Wildman–Crippen MR) is 128 cm³/mol. The Labute approximate surface area is 186 Å². The minimum absolute atomic E-state index is 0. The van der Waals surface area contributed by atoms with Crippen molar-refractivity contribution in [1.82, 2.24) is 25.3 Å². The van der Waals surface area contributed by atoms with Gasteiger partial charge in [-0.2, -0.15) is 5.10 Å². The number of aromatic nitrogens is 2. The van der Waals surface area contributed by atoms with Crippen LogP contribution in [0.4, 0.5) is 0 Å². The summed E-state index contributed by atoms with van der Waals surface area (Å²) in [6, 6.07) is 12.7. The fraction of sp³-hybridized carbons (Fsp3) is 0.524. The van der Waals surface area contributed by atoms with Crippen LogP contribution in [0.5, 0.6) is 0 Å². The molecule has 0 radical (unpaired) electrons. The molecule has 0 atom stereocenters. The summed E-state index contributed by atoms with van der Waals surface area (Å²) < 4.78 is 2.06. The molecule has 0 aliphatic carbocycles. The molecule has 0 fully saturated rings.